The van der Waals surface area contributed by atoms with Crippen LogP contribution in [0.25, 0.3) is 10.8 Å². The first-order chi connectivity index (χ1) is 12.6. The number of hydrogen-bond donors (Lipinski definition) is 1. The van der Waals surface area contributed by atoms with E-state index in [1.54, 1.807) is 0 Å². The van der Waals surface area contributed by atoms with E-state index in [0.29, 0.717) is 4.90 Å². The summed E-state index contributed by atoms with van der Waals surface area (Å²) in [5.74, 6) is -4.27. The zero-order valence-electron chi connectivity index (χ0n) is 13.3. The van der Waals surface area contributed by atoms with Gasteiger partial charge in [-0.2, -0.15) is 13.2 Å². The number of amides is 1. The molecule has 7 nitrogen and oxygen atoms in total. The van der Waals surface area contributed by atoms with Crippen LogP contribution < -0.4 is 4.90 Å². The number of aromatic carboxylic acids is 1. The third-order valence-corrected chi connectivity index (χ3v) is 4.73. The number of fused-ring (bicyclic) bond motifs is 3. The molecule has 11 heteroatoms. The van der Waals surface area contributed by atoms with Gasteiger partial charge < -0.3 is 10.0 Å². The van der Waals surface area contributed by atoms with E-state index in [0.717, 1.165) is 12.1 Å². The van der Waals surface area contributed by atoms with Crippen molar-refractivity contribution >= 4 is 45.6 Å². The second-order valence-electron chi connectivity index (χ2n) is 5.92. The van der Waals surface area contributed by atoms with Crippen LogP contribution in [0.3, 0.4) is 0 Å². The molecule has 0 fully saturated rings. The van der Waals surface area contributed by atoms with Gasteiger partial charge in [0.2, 0.25) is 0 Å². The van der Waals surface area contributed by atoms with Crippen LogP contribution in [0, 0.1) is 10.1 Å². The topological polar surface area (TPSA) is 101 Å². The number of nitrogens with zero attached hydrogens (tertiary/aromatic N) is 2. The summed E-state index contributed by atoms with van der Waals surface area (Å²) in [6.07, 6.45) is -5.16. The SMILES string of the molecule is O=C(O)c1ccc2c3c(cc([N+](=O)[O-])c2c1)N(C(=O)C(F)(F)F)CC3CCl. The van der Waals surface area contributed by atoms with Crippen molar-refractivity contribution in [3.63, 3.8) is 0 Å². The van der Waals surface area contributed by atoms with Crippen LogP contribution in [0.15, 0.2) is 24.3 Å². The number of carbonyl (C=O) groups excluding carboxylic acids is 1. The summed E-state index contributed by atoms with van der Waals surface area (Å²) in [7, 11) is 0. The lowest BCUT2D eigenvalue weighted by Gasteiger charge is -2.19. The Balaban J connectivity index is 2.34. The van der Waals surface area contributed by atoms with E-state index in [2.05, 4.69) is 0 Å². The molecule has 0 aromatic heterocycles. The fraction of sp³-hybridized carbons (Fsp3) is 0.250. The van der Waals surface area contributed by atoms with Gasteiger partial charge in [-0.05, 0) is 23.1 Å². The molecule has 1 amide bonds. The molecule has 1 aliphatic rings. The second kappa shape index (κ2) is 6.38. The second-order valence-corrected chi connectivity index (χ2v) is 6.22. The number of carbonyl (C=O) groups is 2. The number of nitro benzene ring substituents is 1. The van der Waals surface area contributed by atoms with E-state index in [1.165, 1.54) is 12.1 Å². The number of alkyl halides is 4. The number of nitro groups is 1. The van der Waals surface area contributed by atoms with E-state index in [4.69, 9.17) is 16.7 Å². The van der Waals surface area contributed by atoms with E-state index in [9.17, 15) is 32.9 Å². The molecule has 0 bridgehead atoms. The Morgan fingerprint density at radius 1 is 1.30 bits per heavy atom. The van der Waals surface area contributed by atoms with Gasteiger partial charge in [0.05, 0.1) is 21.6 Å². The van der Waals surface area contributed by atoms with Crippen molar-refractivity contribution < 1.29 is 32.8 Å². The average molecular weight is 403 g/mol. The highest BCUT2D eigenvalue weighted by atomic mass is 35.5. The van der Waals surface area contributed by atoms with Gasteiger partial charge in [0.25, 0.3) is 5.69 Å². The summed E-state index contributed by atoms with van der Waals surface area (Å²) in [4.78, 5) is 33.9. The van der Waals surface area contributed by atoms with Gasteiger partial charge >= 0.3 is 18.1 Å². The minimum atomic E-state index is -5.16. The lowest BCUT2D eigenvalue weighted by atomic mass is 9.94. The molecule has 3 rings (SSSR count). The number of halogens is 4. The van der Waals surface area contributed by atoms with Gasteiger partial charge in [-0.1, -0.05) is 6.07 Å². The maximum Gasteiger partial charge on any atom is 0.471 e. The minimum absolute atomic E-state index is 0.0462. The summed E-state index contributed by atoms with van der Waals surface area (Å²) in [5, 5.41) is 20.7. The number of anilines is 1. The standard InChI is InChI=1S/C16H10ClF3N2O5/c17-5-8-6-21(15(25)16(18,19)20)12-4-11(22(26)27)10-3-7(14(23)24)1-2-9(10)13(8)12/h1-4,8H,5-6H2,(H,23,24). The highest BCUT2D eigenvalue weighted by Gasteiger charge is 2.47. The average Bonchev–Trinajstić information content (AvgIpc) is 2.97. The Morgan fingerprint density at radius 3 is 2.48 bits per heavy atom. The fourth-order valence-electron chi connectivity index (χ4n) is 3.23. The largest absolute Gasteiger partial charge is 0.478 e. The molecular formula is C16H10ClF3N2O5. The van der Waals surface area contributed by atoms with Gasteiger partial charge in [0, 0.05) is 24.4 Å². The van der Waals surface area contributed by atoms with Gasteiger partial charge in [0.1, 0.15) is 0 Å². The monoisotopic (exact) mass is 402 g/mol. The lowest BCUT2D eigenvalue weighted by molar-refractivity contribution is -0.383. The van der Waals surface area contributed by atoms with E-state index >= 15 is 0 Å². The fourth-order valence-corrected chi connectivity index (χ4v) is 3.48. The first-order valence-corrected chi connectivity index (χ1v) is 8.02. The highest BCUT2D eigenvalue weighted by Crippen LogP contribution is 2.46. The summed E-state index contributed by atoms with van der Waals surface area (Å²) in [6, 6.07) is 4.41. The first-order valence-electron chi connectivity index (χ1n) is 7.49. The van der Waals surface area contributed by atoms with Gasteiger partial charge in [-0.15, -0.1) is 11.6 Å². The molecule has 2 aromatic rings. The number of carboxylic acid groups (broad SMARTS) is 1. The van der Waals surface area contributed by atoms with Crippen molar-refractivity contribution in [3.05, 3.63) is 45.5 Å². The molecule has 1 unspecified atom stereocenters. The summed E-state index contributed by atoms with van der Waals surface area (Å²) >= 11 is 5.86. The Hall–Kier alpha value is -2.88. The predicted molar refractivity (Wildman–Crippen MR) is 89.4 cm³/mol. The van der Waals surface area contributed by atoms with Crippen molar-refractivity contribution in [2.24, 2.45) is 0 Å². The molecule has 1 N–H and O–H groups in total. The van der Waals surface area contributed by atoms with Crippen molar-refractivity contribution in [1.29, 1.82) is 0 Å². The molecule has 1 heterocycles. The molecule has 27 heavy (non-hydrogen) atoms. The predicted octanol–water partition coefficient (Wildman–Crippen LogP) is 3.68. The third-order valence-electron chi connectivity index (χ3n) is 4.35. The number of carboxylic acids is 1. The Labute approximate surface area is 154 Å². The van der Waals surface area contributed by atoms with Crippen molar-refractivity contribution in [3.8, 4) is 0 Å². The van der Waals surface area contributed by atoms with E-state index in [-0.39, 0.29) is 40.0 Å². The highest BCUT2D eigenvalue weighted by molar-refractivity contribution is 6.19. The van der Waals surface area contributed by atoms with Gasteiger partial charge in [0.15, 0.2) is 0 Å². The summed E-state index contributed by atoms with van der Waals surface area (Å²) in [6.45, 7) is -0.381. The maximum absolute atomic E-state index is 12.9. The van der Waals surface area contributed by atoms with Crippen LogP contribution in [0.2, 0.25) is 0 Å². The smallest absolute Gasteiger partial charge is 0.471 e. The first kappa shape index (κ1) is 18.9. The Bertz CT molecular complexity index is 992. The van der Waals surface area contributed by atoms with Crippen molar-refractivity contribution in [2.45, 2.75) is 12.1 Å². The molecule has 2 aromatic carbocycles. The molecule has 0 spiro atoms. The minimum Gasteiger partial charge on any atom is -0.478 e. The van der Waals surface area contributed by atoms with Crippen LogP contribution in [-0.2, 0) is 4.79 Å². The number of rotatable bonds is 3. The summed E-state index contributed by atoms with van der Waals surface area (Å²) in [5.41, 5.74) is -0.804. The zero-order chi connectivity index (χ0) is 20.1. The van der Waals surface area contributed by atoms with Gasteiger partial charge in [-0.25, -0.2) is 4.79 Å². The van der Waals surface area contributed by atoms with Crippen LogP contribution in [0.5, 0.6) is 0 Å². The molecule has 0 saturated heterocycles. The molecular weight excluding hydrogens is 393 g/mol. The molecule has 0 aliphatic carbocycles. The van der Waals surface area contributed by atoms with Gasteiger partial charge in [-0.3, -0.25) is 14.9 Å². The molecule has 0 saturated carbocycles. The summed E-state index contributed by atoms with van der Waals surface area (Å²) < 4.78 is 38.8. The third kappa shape index (κ3) is 3.05. The van der Waals surface area contributed by atoms with Crippen LogP contribution >= 0.6 is 11.6 Å². The molecule has 0 radical (unpaired) electrons. The van der Waals surface area contributed by atoms with Crippen molar-refractivity contribution in [1.82, 2.24) is 0 Å². The van der Waals surface area contributed by atoms with E-state index in [1.807, 2.05) is 0 Å². The van der Waals surface area contributed by atoms with Crippen LogP contribution in [0.4, 0.5) is 24.5 Å². The van der Waals surface area contributed by atoms with Crippen LogP contribution in [0.1, 0.15) is 21.8 Å². The lowest BCUT2D eigenvalue weighted by Crippen LogP contribution is -2.40. The zero-order valence-corrected chi connectivity index (χ0v) is 14.0. The molecule has 1 atom stereocenters. The number of benzene rings is 2. The number of non-ortho nitro benzene ring substituents is 1. The molecule has 142 valence electrons. The quantitative estimate of drug-likeness (QED) is 0.479. The van der Waals surface area contributed by atoms with E-state index < -0.39 is 34.6 Å². The van der Waals surface area contributed by atoms with Crippen molar-refractivity contribution in [2.75, 3.05) is 17.3 Å². The Morgan fingerprint density at radius 2 is 1.96 bits per heavy atom. The maximum atomic E-state index is 12.9. The van der Waals surface area contributed by atoms with Crippen LogP contribution in [-0.4, -0.2) is 40.5 Å². The normalized spacial score (nSPS) is 16.4. The Kier molecular flexibility index (Phi) is 4.46. The number of hydrogen-bond acceptors (Lipinski definition) is 4. The molecule has 1 aliphatic heterocycles.